The van der Waals surface area contributed by atoms with E-state index in [-0.39, 0.29) is 15.9 Å². The third kappa shape index (κ3) is 5.21. The fourth-order valence-corrected chi connectivity index (χ4v) is 1.48. The van der Waals surface area contributed by atoms with Crippen LogP contribution < -0.4 is 15.9 Å². The van der Waals surface area contributed by atoms with Gasteiger partial charge in [0, 0.05) is 6.07 Å². The number of nitrogens with one attached hydrogen (secondary N) is 2. The van der Waals surface area contributed by atoms with Crippen LogP contribution in [0, 0.1) is 22.6 Å². The molecule has 0 saturated carbocycles. The van der Waals surface area contributed by atoms with Crippen molar-refractivity contribution in [2.45, 2.75) is 6.18 Å². The standard InChI is InChI=1S/C11H8BrF4N5O/c12-5-1-9(22-4-11(14,15)16)7(2-6(5)13)20-21-8(3-17)10(18)19/h1-2,20H,4H2,(H3,18,19)/b21-8+. The molecule has 0 radical (unpaired) electrons. The fourth-order valence-electron chi connectivity index (χ4n) is 1.16. The summed E-state index contributed by atoms with van der Waals surface area (Å²) in [5.74, 6) is -1.81. The first-order valence-corrected chi connectivity index (χ1v) is 6.20. The molecule has 1 rings (SSSR count). The molecule has 11 heteroatoms. The van der Waals surface area contributed by atoms with Gasteiger partial charge in [0.15, 0.2) is 12.4 Å². The minimum absolute atomic E-state index is 0.119. The van der Waals surface area contributed by atoms with E-state index in [1.165, 1.54) is 6.07 Å². The van der Waals surface area contributed by atoms with E-state index in [4.69, 9.17) is 16.4 Å². The van der Waals surface area contributed by atoms with Crippen molar-refractivity contribution in [1.29, 1.82) is 10.7 Å². The van der Waals surface area contributed by atoms with Crippen molar-refractivity contribution >= 4 is 33.2 Å². The second-order valence-electron chi connectivity index (χ2n) is 3.76. The van der Waals surface area contributed by atoms with E-state index in [2.05, 4.69) is 31.2 Å². The highest BCUT2D eigenvalue weighted by Crippen LogP contribution is 2.32. The lowest BCUT2D eigenvalue weighted by atomic mass is 10.3. The van der Waals surface area contributed by atoms with Gasteiger partial charge in [-0.25, -0.2) is 4.39 Å². The van der Waals surface area contributed by atoms with Gasteiger partial charge in [0.1, 0.15) is 23.3 Å². The maximum absolute atomic E-state index is 13.5. The number of anilines is 1. The maximum Gasteiger partial charge on any atom is 0.422 e. The Balaban J connectivity index is 3.09. The highest BCUT2D eigenvalue weighted by atomic mass is 79.9. The zero-order valence-electron chi connectivity index (χ0n) is 10.6. The van der Waals surface area contributed by atoms with Gasteiger partial charge < -0.3 is 10.5 Å². The summed E-state index contributed by atoms with van der Waals surface area (Å²) in [6, 6.07) is 3.27. The third-order valence-corrected chi connectivity index (χ3v) is 2.67. The van der Waals surface area contributed by atoms with Crippen LogP contribution in [0.25, 0.3) is 0 Å². The molecule has 0 saturated heterocycles. The number of hydrogen-bond donors (Lipinski definition) is 3. The van der Waals surface area contributed by atoms with E-state index in [0.717, 1.165) is 12.1 Å². The van der Waals surface area contributed by atoms with Crippen molar-refractivity contribution in [1.82, 2.24) is 0 Å². The molecule has 22 heavy (non-hydrogen) atoms. The Hall–Kier alpha value is -2.35. The number of halogens is 5. The summed E-state index contributed by atoms with van der Waals surface area (Å²) in [5.41, 5.74) is 6.40. The van der Waals surface area contributed by atoms with Gasteiger partial charge in [0.2, 0.25) is 5.71 Å². The number of ether oxygens (including phenoxy) is 1. The Kier molecular flexibility index (Phi) is 5.69. The van der Waals surface area contributed by atoms with Gasteiger partial charge in [-0.1, -0.05) is 0 Å². The molecule has 0 atom stereocenters. The molecule has 1 aromatic rings. The molecule has 0 unspecified atom stereocenters. The van der Waals surface area contributed by atoms with Crippen LogP contribution >= 0.6 is 15.9 Å². The fraction of sp³-hybridized carbons (Fsp3) is 0.182. The molecule has 0 heterocycles. The summed E-state index contributed by atoms with van der Waals surface area (Å²) < 4.78 is 54.4. The Morgan fingerprint density at radius 2 is 2.14 bits per heavy atom. The first-order chi connectivity index (χ1) is 10.1. The molecule has 0 amide bonds. The zero-order valence-corrected chi connectivity index (χ0v) is 12.2. The van der Waals surface area contributed by atoms with Gasteiger partial charge in [-0.15, -0.1) is 0 Å². The number of nitriles is 1. The van der Waals surface area contributed by atoms with E-state index in [1.54, 1.807) is 0 Å². The quantitative estimate of drug-likeness (QED) is 0.315. The molecule has 4 N–H and O–H groups in total. The maximum atomic E-state index is 13.5. The molecule has 0 bridgehead atoms. The minimum Gasteiger partial charge on any atom is -0.482 e. The molecule has 0 fully saturated rings. The van der Waals surface area contributed by atoms with E-state index in [1.807, 2.05) is 0 Å². The second-order valence-corrected chi connectivity index (χ2v) is 4.62. The number of hydrogen-bond acceptors (Lipinski definition) is 5. The van der Waals surface area contributed by atoms with Crippen molar-refractivity contribution in [2.24, 2.45) is 10.8 Å². The summed E-state index contributed by atoms with van der Waals surface area (Å²) in [4.78, 5) is 0. The van der Waals surface area contributed by atoms with Crippen LogP contribution in [0.3, 0.4) is 0 Å². The van der Waals surface area contributed by atoms with Crippen molar-refractivity contribution < 1.29 is 22.3 Å². The first kappa shape index (κ1) is 17.7. The molecule has 118 valence electrons. The van der Waals surface area contributed by atoms with Gasteiger partial charge in [0.05, 0.1) is 4.47 Å². The molecule has 0 aliphatic heterocycles. The lowest BCUT2D eigenvalue weighted by Gasteiger charge is -2.13. The number of hydrazone groups is 1. The summed E-state index contributed by atoms with van der Waals surface area (Å²) >= 11 is 2.81. The number of alkyl halides is 3. The van der Waals surface area contributed by atoms with Crippen molar-refractivity contribution in [3.63, 3.8) is 0 Å². The summed E-state index contributed by atoms with van der Waals surface area (Å²) in [7, 11) is 0. The van der Waals surface area contributed by atoms with Crippen molar-refractivity contribution in [2.75, 3.05) is 12.0 Å². The van der Waals surface area contributed by atoms with Crippen LogP contribution in [0.15, 0.2) is 21.7 Å². The summed E-state index contributed by atoms with van der Waals surface area (Å²) in [6.45, 7) is -1.60. The van der Waals surface area contributed by atoms with Gasteiger partial charge in [-0.05, 0) is 22.0 Å². The lowest BCUT2D eigenvalue weighted by molar-refractivity contribution is -0.153. The molecule has 0 aromatic heterocycles. The number of nitrogens with zero attached hydrogens (tertiary/aromatic N) is 2. The summed E-state index contributed by atoms with van der Waals surface area (Å²) in [5, 5.41) is 19.1. The van der Waals surface area contributed by atoms with Crippen LogP contribution in [0.4, 0.5) is 23.2 Å². The predicted octanol–water partition coefficient (Wildman–Crippen LogP) is 2.76. The van der Waals surface area contributed by atoms with Gasteiger partial charge in [0.25, 0.3) is 0 Å². The number of nitrogens with two attached hydrogens (primary N) is 1. The summed E-state index contributed by atoms with van der Waals surface area (Å²) in [6.07, 6.45) is -4.58. The second kappa shape index (κ2) is 7.08. The first-order valence-electron chi connectivity index (χ1n) is 5.41. The zero-order chi connectivity index (χ0) is 16.9. The molecule has 6 nitrogen and oxygen atoms in total. The SMILES string of the molecule is N#C/C(=N\Nc1cc(F)c(Br)cc1OCC(F)(F)F)C(=N)N. The van der Waals surface area contributed by atoms with Crippen LogP contribution in [-0.4, -0.2) is 24.3 Å². The topological polar surface area (TPSA) is 107 Å². The van der Waals surface area contributed by atoms with E-state index < -0.39 is 30.1 Å². The largest absolute Gasteiger partial charge is 0.482 e. The predicted molar refractivity (Wildman–Crippen MR) is 74.2 cm³/mol. The van der Waals surface area contributed by atoms with E-state index in [0.29, 0.717) is 0 Å². The van der Waals surface area contributed by atoms with Gasteiger partial charge in [-0.3, -0.25) is 10.8 Å². The minimum atomic E-state index is -4.58. The van der Waals surface area contributed by atoms with Crippen LogP contribution in [0.1, 0.15) is 0 Å². The number of rotatable bonds is 5. The van der Waals surface area contributed by atoms with Crippen LogP contribution in [0.2, 0.25) is 0 Å². The average molecular weight is 382 g/mol. The van der Waals surface area contributed by atoms with E-state index >= 15 is 0 Å². The molecular weight excluding hydrogens is 374 g/mol. The van der Waals surface area contributed by atoms with Crippen molar-refractivity contribution in [3.05, 3.63) is 22.4 Å². The highest BCUT2D eigenvalue weighted by Gasteiger charge is 2.29. The molecular formula is C11H8BrF4N5O. The van der Waals surface area contributed by atoms with Crippen LogP contribution in [-0.2, 0) is 0 Å². The normalized spacial score (nSPS) is 11.7. The molecule has 0 spiro atoms. The average Bonchev–Trinajstić information content (AvgIpc) is 2.40. The van der Waals surface area contributed by atoms with Gasteiger partial charge in [-0.2, -0.15) is 23.5 Å². The number of benzene rings is 1. The van der Waals surface area contributed by atoms with Gasteiger partial charge >= 0.3 is 6.18 Å². The molecule has 1 aromatic carbocycles. The monoisotopic (exact) mass is 381 g/mol. The van der Waals surface area contributed by atoms with Crippen LogP contribution in [0.5, 0.6) is 5.75 Å². The van der Waals surface area contributed by atoms with Crippen molar-refractivity contribution in [3.8, 4) is 11.8 Å². The lowest BCUT2D eigenvalue weighted by Crippen LogP contribution is -2.22. The Morgan fingerprint density at radius 1 is 1.50 bits per heavy atom. The Labute approximate surface area is 130 Å². The third-order valence-electron chi connectivity index (χ3n) is 2.06. The van der Waals surface area contributed by atoms with E-state index in [9.17, 15) is 17.6 Å². The number of amidine groups is 1. The Morgan fingerprint density at radius 3 is 2.64 bits per heavy atom. The highest BCUT2D eigenvalue weighted by molar-refractivity contribution is 9.10. The molecule has 0 aliphatic carbocycles. The smallest absolute Gasteiger partial charge is 0.422 e. The Bertz CT molecular complexity index is 653. The molecule has 0 aliphatic rings.